The summed E-state index contributed by atoms with van der Waals surface area (Å²) in [6.07, 6.45) is 0. The van der Waals surface area contributed by atoms with Crippen LogP contribution in [0.2, 0.25) is 0 Å². The van der Waals surface area contributed by atoms with Crippen molar-refractivity contribution in [3.63, 3.8) is 0 Å². The largest absolute Gasteiger partial charge is 0.397 e. The highest BCUT2D eigenvalue weighted by Gasteiger charge is 2.09. The van der Waals surface area contributed by atoms with Crippen LogP contribution in [0.3, 0.4) is 0 Å². The van der Waals surface area contributed by atoms with Crippen LogP contribution in [0, 0.1) is 12.7 Å². The van der Waals surface area contributed by atoms with Crippen molar-refractivity contribution in [1.82, 2.24) is 0 Å². The molecule has 0 unspecified atom stereocenters. The Morgan fingerprint density at radius 2 is 2.00 bits per heavy atom. The number of aryl methyl sites for hydroxylation is 1. The van der Waals surface area contributed by atoms with Gasteiger partial charge in [-0.05, 0) is 32.4 Å². The predicted octanol–water partition coefficient (Wildman–Crippen LogP) is 2.54. The van der Waals surface area contributed by atoms with Gasteiger partial charge in [0.05, 0.1) is 11.4 Å². The van der Waals surface area contributed by atoms with Crippen LogP contribution in [0.1, 0.15) is 19.4 Å². The maximum Gasteiger partial charge on any atom is 0.151 e. The van der Waals surface area contributed by atoms with Crippen LogP contribution in [-0.4, -0.2) is 6.04 Å². The first-order chi connectivity index (χ1) is 6.02. The molecular formula is C10H15FN2. The van der Waals surface area contributed by atoms with E-state index in [1.165, 1.54) is 0 Å². The third kappa shape index (κ3) is 2.11. The van der Waals surface area contributed by atoms with Gasteiger partial charge in [-0.15, -0.1) is 0 Å². The SMILES string of the molecule is Cc1ccc(N)c(NC(C)C)c1F. The molecular weight excluding hydrogens is 167 g/mol. The Balaban J connectivity index is 3.10. The summed E-state index contributed by atoms with van der Waals surface area (Å²) >= 11 is 0. The van der Waals surface area contributed by atoms with Crippen molar-refractivity contribution in [2.24, 2.45) is 0 Å². The molecule has 1 aromatic rings. The summed E-state index contributed by atoms with van der Waals surface area (Å²) in [5, 5.41) is 2.98. The van der Waals surface area contributed by atoms with Crippen LogP contribution in [-0.2, 0) is 0 Å². The number of nitrogens with one attached hydrogen (secondary N) is 1. The van der Waals surface area contributed by atoms with Crippen LogP contribution >= 0.6 is 0 Å². The highest BCUT2D eigenvalue weighted by Crippen LogP contribution is 2.25. The maximum atomic E-state index is 13.5. The Labute approximate surface area is 77.9 Å². The van der Waals surface area contributed by atoms with Crippen LogP contribution in [0.15, 0.2) is 12.1 Å². The number of hydrogen-bond donors (Lipinski definition) is 2. The van der Waals surface area contributed by atoms with Crippen LogP contribution in [0.4, 0.5) is 15.8 Å². The summed E-state index contributed by atoms with van der Waals surface area (Å²) in [7, 11) is 0. The zero-order valence-corrected chi connectivity index (χ0v) is 8.19. The second kappa shape index (κ2) is 3.64. The number of hydrogen-bond acceptors (Lipinski definition) is 2. The summed E-state index contributed by atoms with van der Waals surface area (Å²) < 4.78 is 13.5. The number of rotatable bonds is 2. The highest BCUT2D eigenvalue weighted by atomic mass is 19.1. The Kier molecular flexibility index (Phi) is 2.76. The fraction of sp³-hybridized carbons (Fsp3) is 0.400. The molecule has 0 aliphatic carbocycles. The fourth-order valence-electron chi connectivity index (χ4n) is 1.13. The quantitative estimate of drug-likeness (QED) is 0.690. The monoisotopic (exact) mass is 182 g/mol. The summed E-state index contributed by atoms with van der Waals surface area (Å²) in [5.41, 5.74) is 7.11. The number of anilines is 2. The van der Waals surface area contributed by atoms with E-state index in [0.29, 0.717) is 16.9 Å². The average molecular weight is 182 g/mol. The zero-order chi connectivity index (χ0) is 10.0. The van der Waals surface area contributed by atoms with Gasteiger partial charge in [-0.25, -0.2) is 4.39 Å². The lowest BCUT2D eigenvalue weighted by molar-refractivity contribution is 0.619. The molecule has 0 fully saturated rings. The molecule has 3 heteroatoms. The van der Waals surface area contributed by atoms with Gasteiger partial charge in [0.1, 0.15) is 0 Å². The molecule has 1 rings (SSSR count). The molecule has 13 heavy (non-hydrogen) atoms. The lowest BCUT2D eigenvalue weighted by atomic mass is 10.1. The molecule has 0 aliphatic heterocycles. The molecule has 0 aliphatic rings. The van der Waals surface area contributed by atoms with Gasteiger partial charge in [-0.3, -0.25) is 0 Å². The Bertz CT molecular complexity index is 308. The van der Waals surface area contributed by atoms with E-state index in [9.17, 15) is 4.39 Å². The Hall–Kier alpha value is -1.25. The number of halogens is 1. The van der Waals surface area contributed by atoms with E-state index in [2.05, 4.69) is 5.32 Å². The summed E-state index contributed by atoms with van der Waals surface area (Å²) in [6.45, 7) is 5.61. The fourth-order valence-corrected chi connectivity index (χ4v) is 1.13. The number of nitrogens with two attached hydrogens (primary N) is 1. The molecule has 1 aromatic carbocycles. The third-order valence-corrected chi connectivity index (χ3v) is 1.80. The second-order valence-corrected chi connectivity index (χ2v) is 3.46. The minimum atomic E-state index is -0.256. The molecule has 0 amide bonds. The van der Waals surface area contributed by atoms with Gasteiger partial charge in [0.25, 0.3) is 0 Å². The predicted molar refractivity (Wildman–Crippen MR) is 54.3 cm³/mol. The van der Waals surface area contributed by atoms with Crippen molar-refractivity contribution < 1.29 is 4.39 Å². The minimum absolute atomic E-state index is 0.179. The van der Waals surface area contributed by atoms with Crippen molar-refractivity contribution in [2.75, 3.05) is 11.1 Å². The molecule has 0 spiro atoms. The first-order valence-corrected chi connectivity index (χ1v) is 4.33. The summed E-state index contributed by atoms with van der Waals surface area (Å²) in [5.74, 6) is -0.256. The summed E-state index contributed by atoms with van der Waals surface area (Å²) in [6, 6.07) is 3.57. The van der Waals surface area contributed by atoms with Crippen LogP contribution < -0.4 is 11.1 Å². The number of nitrogen functional groups attached to an aromatic ring is 1. The van der Waals surface area contributed by atoms with Crippen molar-refractivity contribution in [3.8, 4) is 0 Å². The standard InChI is InChI=1S/C10H15FN2/c1-6(2)13-10-8(12)5-4-7(3)9(10)11/h4-6,13H,12H2,1-3H3. The Morgan fingerprint density at radius 1 is 1.38 bits per heavy atom. The third-order valence-electron chi connectivity index (χ3n) is 1.80. The van der Waals surface area contributed by atoms with Gasteiger partial charge < -0.3 is 11.1 Å². The van der Waals surface area contributed by atoms with E-state index in [1.54, 1.807) is 19.1 Å². The number of benzene rings is 1. The lowest BCUT2D eigenvalue weighted by Gasteiger charge is -2.14. The molecule has 0 radical (unpaired) electrons. The van der Waals surface area contributed by atoms with E-state index >= 15 is 0 Å². The topological polar surface area (TPSA) is 38.0 Å². The lowest BCUT2D eigenvalue weighted by Crippen LogP contribution is -2.13. The zero-order valence-electron chi connectivity index (χ0n) is 8.19. The average Bonchev–Trinajstić information content (AvgIpc) is 2.05. The van der Waals surface area contributed by atoms with Gasteiger partial charge in [0, 0.05) is 6.04 Å². The summed E-state index contributed by atoms with van der Waals surface area (Å²) in [4.78, 5) is 0. The molecule has 0 saturated heterocycles. The molecule has 0 saturated carbocycles. The Morgan fingerprint density at radius 3 is 2.54 bits per heavy atom. The maximum absolute atomic E-state index is 13.5. The minimum Gasteiger partial charge on any atom is -0.397 e. The van der Waals surface area contributed by atoms with Gasteiger partial charge in [0.2, 0.25) is 0 Å². The van der Waals surface area contributed by atoms with E-state index < -0.39 is 0 Å². The van der Waals surface area contributed by atoms with Gasteiger partial charge in [0.15, 0.2) is 5.82 Å². The molecule has 0 heterocycles. The van der Waals surface area contributed by atoms with E-state index in [4.69, 9.17) is 5.73 Å². The van der Waals surface area contributed by atoms with Crippen molar-refractivity contribution in [2.45, 2.75) is 26.8 Å². The van der Waals surface area contributed by atoms with E-state index in [0.717, 1.165) is 0 Å². The van der Waals surface area contributed by atoms with Crippen molar-refractivity contribution >= 4 is 11.4 Å². The molecule has 3 N–H and O–H groups in total. The first kappa shape index (κ1) is 9.84. The molecule has 0 aromatic heterocycles. The molecule has 0 bridgehead atoms. The van der Waals surface area contributed by atoms with Gasteiger partial charge >= 0.3 is 0 Å². The van der Waals surface area contributed by atoms with Crippen LogP contribution in [0.5, 0.6) is 0 Å². The molecule has 0 atom stereocenters. The first-order valence-electron chi connectivity index (χ1n) is 4.33. The molecule has 72 valence electrons. The van der Waals surface area contributed by atoms with Crippen LogP contribution in [0.25, 0.3) is 0 Å². The second-order valence-electron chi connectivity index (χ2n) is 3.46. The normalized spacial score (nSPS) is 10.5. The van der Waals surface area contributed by atoms with Gasteiger partial charge in [-0.1, -0.05) is 6.07 Å². The van der Waals surface area contributed by atoms with Crippen molar-refractivity contribution in [3.05, 3.63) is 23.5 Å². The van der Waals surface area contributed by atoms with E-state index in [1.807, 2.05) is 13.8 Å². The smallest absolute Gasteiger partial charge is 0.151 e. The molecule has 2 nitrogen and oxygen atoms in total. The van der Waals surface area contributed by atoms with E-state index in [-0.39, 0.29) is 11.9 Å². The highest BCUT2D eigenvalue weighted by molar-refractivity contribution is 5.68. The van der Waals surface area contributed by atoms with Crippen molar-refractivity contribution in [1.29, 1.82) is 0 Å². The van der Waals surface area contributed by atoms with Gasteiger partial charge in [-0.2, -0.15) is 0 Å².